The molecule has 0 amide bonds. The van der Waals surface area contributed by atoms with E-state index in [9.17, 15) is 0 Å². The van der Waals surface area contributed by atoms with Crippen LogP contribution in [0.5, 0.6) is 5.88 Å². The zero-order chi connectivity index (χ0) is 10.5. The van der Waals surface area contributed by atoms with E-state index in [-0.39, 0.29) is 0 Å². The average Bonchev–Trinajstić information content (AvgIpc) is 2.28. The van der Waals surface area contributed by atoms with Crippen molar-refractivity contribution >= 4 is 11.6 Å². The van der Waals surface area contributed by atoms with Crippen LogP contribution >= 0.6 is 11.6 Å². The van der Waals surface area contributed by atoms with Crippen LogP contribution in [0.15, 0.2) is 42.7 Å². The molecule has 0 atom stereocenters. The van der Waals surface area contributed by atoms with E-state index in [0.29, 0.717) is 17.6 Å². The van der Waals surface area contributed by atoms with Crippen molar-refractivity contribution < 1.29 is 9.72 Å². The van der Waals surface area contributed by atoms with E-state index in [1.807, 2.05) is 30.3 Å². The predicted molar refractivity (Wildman–Crippen MR) is 56.6 cm³/mol. The third-order valence-electron chi connectivity index (χ3n) is 1.86. The number of aromatic amines is 1. The molecule has 1 aromatic carbocycles. The number of rotatable bonds is 3. The molecule has 0 radical (unpaired) electrons. The summed E-state index contributed by atoms with van der Waals surface area (Å²) in [5.74, 6) is 0.492. The summed E-state index contributed by atoms with van der Waals surface area (Å²) in [5.41, 5.74) is 1.10. The van der Waals surface area contributed by atoms with E-state index in [1.54, 1.807) is 12.4 Å². The molecule has 2 rings (SSSR count). The van der Waals surface area contributed by atoms with Crippen molar-refractivity contribution in [2.45, 2.75) is 6.61 Å². The molecule has 15 heavy (non-hydrogen) atoms. The second-order valence-electron chi connectivity index (χ2n) is 3.00. The van der Waals surface area contributed by atoms with Crippen molar-refractivity contribution in [1.82, 2.24) is 4.98 Å². The summed E-state index contributed by atoms with van der Waals surface area (Å²) < 4.78 is 5.45. The van der Waals surface area contributed by atoms with Crippen LogP contribution in [0.4, 0.5) is 0 Å². The van der Waals surface area contributed by atoms with Gasteiger partial charge in [-0.2, -0.15) is 4.98 Å². The fourth-order valence-corrected chi connectivity index (χ4v) is 1.30. The molecule has 3 nitrogen and oxygen atoms in total. The zero-order valence-electron chi connectivity index (χ0n) is 7.98. The molecule has 0 spiro atoms. The van der Waals surface area contributed by atoms with Gasteiger partial charge < -0.3 is 4.74 Å². The molecule has 0 aliphatic carbocycles. The Morgan fingerprint density at radius 3 is 2.73 bits per heavy atom. The topological polar surface area (TPSA) is 36.3 Å². The van der Waals surface area contributed by atoms with Crippen LogP contribution in [-0.2, 0) is 6.61 Å². The number of halogens is 1. The van der Waals surface area contributed by atoms with Gasteiger partial charge in [-0.25, -0.2) is 4.98 Å². The van der Waals surface area contributed by atoms with Gasteiger partial charge in [0.05, 0.1) is 0 Å². The lowest BCUT2D eigenvalue weighted by molar-refractivity contribution is -0.380. The predicted octanol–water partition coefficient (Wildman–Crippen LogP) is 2.13. The Hall–Kier alpha value is -1.61. The molecular formula is C11H10ClN2O+. The summed E-state index contributed by atoms with van der Waals surface area (Å²) >= 11 is 5.70. The van der Waals surface area contributed by atoms with Crippen LogP contribution < -0.4 is 9.72 Å². The second-order valence-corrected chi connectivity index (χ2v) is 3.39. The lowest BCUT2D eigenvalue weighted by atomic mass is 10.2. The quantitative estimate of drug-likeness (QED) is 0.796. The Kier molecular flexibility index (Phi) is 3.15. The Morgan fingerprint density at radius 1 is 1.20 bits per heavy atom. The number of benzene rings is 1. The number of aromatic nitrogens is 2. The second kappa shape index (κ2) is 4.75. The maximum Gasteiger partial charge on any atom is 0.281 e. The number of hydrogen-bond acceptors (Lipinski definition) is 2. The summed E-state index contributed by atoms with van der Waals surface area (Å²) in [6.07, 6.45) is 3.26. The van der Waals surface area contributed by atoms with Crippen molar-refractivity contribution in [3.8, 4) is 5.88 Å². The smallest absolute Gasteiger partial charge is 0.281 e. The highest BCUT2D eigenvalue weighted by atomic mass is 35.5. The summed E-state index contributed by atoms with van der Waals surface area (Å²) in [5, 5.41) is 0.389. The van der Waals surface area contributed by atoms with Crippen LogP contribution in [0.1, 0.15) is 5.56 Å². The first-order valence-electron chi connectivity index (χ1n) is 4.55. The van der Waals surface area contributed by atoms with Gasteiger partial charge in [0.15, 0.2) is 5.15 Å². The normalized spacial score (nSPS) is 9.93. The molecule has 0 bridgehead atoms. The van der Waals surface area contributed by atoms with Gasteiger partial charge in [-0.3, -0.25) is 0 Å². The van der Waals surface area contributed by atoms with Gasteiger partial charge in [0.2, 0.25) is 12.4 Å². The van der Waals surface area contributed by atoms with Crippen molar-refractivity contribution in [2.24, 2.45) is 0 Å². The first-order chi connectivity index (χ1) is 7.34. The van der Waals surface area contributed by atoms with Gasteiger partial charge in [-0.15, -0.1) is 0 Å². The summed E-state index contributed by atoms with van der Waals surface area (Å²) in [7, 11) is 0. The number of H-pyrrole nitrogens is 1. The van der Waals surface area contributed by atoms with Crippen molar-refractivity contribution in [2.75, 3.05) is 0 Å². The molecule has 76 valence electrons. The number of ether oxygens (including phenoxy) is 1. The Labute approximate surface area is 92.7 Å². The Balaban J connectivity index is 1.99. The van der Waals surface area contributed by atoms with Crippen molar-refractivity contribution in [1.29, 1.82) is 0 Å². The molecule has 1 N–H and O–H groups in total. The van der Waals surface area contributed by atoms with Crippen LogP contribution in [0.2, 0.25) is 5.15 Å². The fraction of sp³-hybridized carbons (Fsp3) is 0.0909. The third kappa shape index (κ3) is 2.92. The van der Waals surface area contributed by atoms with E-state index in [1.165, 1.54) is 0 Å². The highest BCUT2D eigenvalue weighted by Gasteiger charge is 2.01. The van der Waals surface area contributed by atoms with Crippen LogP contribution in [0.25, 0.3) is 0 Å². The van der Waals surface area contributed by atoms with Gasteiger partial charge in [0, 0.05) is 0 Å². The molecule has 1 heterocycles. The first kappa shape index (κ1) is 9.93. The van der Waals surface area contributed by atoms with Crippen LogP contribution in [0, 0.1) is 0 Å². The van der Waals surface area contributed by atoms with Crippen molar-refractivity contribution in [3.63, 3.8) is 0 Å². The van der Waals surface area contributed by atoms with Gasteiger partial charge in [-0.05, 0) is 5.56 Å². The fourth-order valence-electron chi connectivity index (χ4n) is 1.16. The SMILES string of the molecule is Clc1c[nH+]cc(OCc2ccccc2)n1. The highest BCUT2D eigenvalue weighted by Crippen LogP contribution is 2.09. The molecule has 0 aliphatic rings. The summed E-state index contributed by atoms with van der Waals surface area (Å²) in [6.45, 7) is 0.488. The van der Waals surface area contributed by atoms with Gasteiger partial charge in [-0.1, -0.05) is 41.9 Å². The molecule has 0 fully saturated rings. The highest BCUT2D eigenvalue weighted by molar-refractivity contribution is 6.29. The number of hydrogen-bond donors (Lipinski definition) is 0. The minimum absolute atomic E-state index is 0.389. The maximum absolute atomic E-state index is 5.70. The van der Waals surface area contributed by atoms with E-state index >= 15 is 0 Å². The lowest BCUT2D eigenvalue weighted by Gasteiger charge is -2.02. The van der Waals surface area contributed by atoms with E-state index < -0.39 is 0 Å². The molecule has 4 heteroatoms. The van der Waals surface area contributed by atoms with Crippen LogP contribution in [0.3, 0.4) is 0 Å². The minimum Gasteiger partial charge on any atom is -0.469 e. The maximum atomic E-state index is 5.70. The number of nitrogens with one attached hydrogen (secondary N) is 1. The molecule has 0 saturated carbocycles. The zero-order valence-corrected chi connectivity index (χ0v) is 8.74. The standard InChI is InChI=1S/C11H9ClN2O/c12-10-6-13-7-11(14-10)15-8-9-4-2-1-3-5-9/h1-7H,8H2/p+1. The lowest BCUT2D eigenvalue weighted by Crippen LogP contribution is -2.05. The van der Waals surface area contributed by atoms with Gasteiger partial charge in [0.1, 0.15) is 6.61 Å². The minimum atomic E-state index is 0.389. The Bertz CT molecular complexity index is 434. The Morgan fingerprint density at radius 2 is 2.00 bits per heavy atom. The molecular weight excluding hydrogens is 212 g/mol. The third-order valence-corrected chi connectivity index (χ3v) is 2.05. The van der Waals surface area contributed by atoms with E-state index in [0.717, 1.165) is 5.56 Å². The van der Waals surface area contributed by atoms with Gasteiger partial charge in [0.25, 0.3) is 5.88 Å². The molecule has 1 aromatic heterocycles. The molecule has 0 saturated heterocycles. The summed E-state index contributed by atoms with van der Waals surface area (Å²) in [6, 6.07) is 9.89. The van der Waals surface area contributed by atoms with E-state index in [2.05, 4.69) is 9.97 Å². The van der Waals surface area contributed by atoms with Crippen molar-refractivity contribution in [3.05, 3.63) is 53.4 Å². The monoisotopic (exact) mass is 221 g/mol. The summed E-state index contributed by atoms with van der Waals surface area (Å²) in [4.78, 5) is 6.85. The first-order valence-corrected chi connectivity index (χ1v) is 4.93. The van der Waals surface area contributed by atoms with Gasteiger partial charge >= 0.3 is 0 Å². The molecule has 0 unspecified atom stereocenters. The number of nitrogens with zero attached hydrogens (tertiary/aromatic N) is 1. The molecule has 2 aromatic rings. The van der Waals surface area contributed by atoms with Crippen LogP contribution in [-0.4, -0.2) is 4.98 Å². The largest absolute Gasteiger partial charge is 0.469 e. The average molecular weight is 222 g/mol. The molecule has 0 aliphatic heterocycles. The van der Waals surface area contributed by atoms with E-state index in [4.69, 9.17) is 16.3 Å².